The Morgan fingerprint density at radius 2 is 1.78 bits per heavy atom. The van der Waals surface area contributed by atoms with E-state index < -0.39 is 6.04 Å². The number of nitrogens with one attached hydrogen (secondary N) is 2. The van der Waals surface area contributed by atoms with Gasteiger partial charge in [-0.1, -0.05) is 66.7 Å². The van der Waals surface area contributed by atoms with Gasteiger partial charge in [-0.15, -0.1) is 24.0 Å². The lowest BCUT2D eigenvalue weighted by Gasteiger charge is -2.30. The summed E-state index contributed by atoms with van der Waals surface area (Å²) in [5.41, 5.74) is 10.9. The van der Waals surface area contributed by atoms with E-state index in [1.807, 2.05) is 96.8 Å². The number of nitrogen functional groups attached to an aromatic ring is 1. The number of carbonyl (C=O) groups excluding carboxylic acids is 2. The van der Waals surface area contributed by atoms with Crippen LogP contribution in [0, 0.1) is 5.41 Å². The van der Waals surface area contributed by atoms with Crippen LogP contribution in [0.4, 0.5) is 11.4 Å². The molecule has 0 saturated heterocycles. The topological polar surface area (TPSA) is 109 Å². The molecule has 41 heavy (non-hydrogen) atoms. The van der Waals surface area contributed by atoms with Crippen LogP contribution in [0.25, 0.3) is 10.8 Å². The highest BCUT2D eigenvalue weighted by Gasteiger charge is 2.26. The third kappa shape index (κ3) is 6.87. The molecule has 0 aliphatic carbocycles. The maximum Gasteiger partial charge on any atom is 0.333 e. The van der Waals surface area contributed by atoms with Crippen molar-refractivity contribution in [3.05, 3.63) is 107 Å². The summed E-state index contributed by atoms with van der Waals surface area (Å²) in [6.45, 7) is 2.79. The first kappa shape index (κ1) is 30.0. The normalized spacial score (nSPS) is 13.0. The number of rotatable bonds is 9. The quantitative estimate of drug-likeness (QED) is 0.0836. The van der Waals surface area contributed by atoms with E-state index in [0.717, 1.165) is 51.7 Å². The summed E-state index contributed by atoms with van der Waals surface area (Å²) < 4.78 is 5.45. The van der Waals surface area contributed by atoms with Gasteiger partial charge in [-0.25, -0.2) is 4.79 Å². The molecule has 8 heteroatoms. The van der Waals surface area contributed by atoms with E-state index in [1.165, 1.54) is 0 Å². The van der Waals surface area contributed by atoms with Crippen LogP contribution in [0.15, 0.2) is 84.9 Å². The maximum absolute atomic E-state index is 13.2. The van der Waals surface area contributed by atoms with Gasteiger partial charge in [0, 0.05) is 29.9 Å². The van der Waals surface area contributed by atoms with Crippen LogP contribution in [0.3, 0.4) is 0 Å². The number of hydrogen-bond acceptors (Lipinski definition) is 5. The van der Waals surface area contributed by atoms with Gasteiger partial charge in [0.15, 0.2) is 6.04 Å². The van der Waals surface area contributed by atoms with E-state index >= 15 is 0 Å². The molecule has 4 aromatic carbocycles. The van der Waals surface area contributed by atoms with E-state index in [1.54, 1.807) is 0 Å². The Bertz CT molecular complexity index is 1550. The van der Waals surface area contributed by atoms with Crippen LogP contribution < -0.4 is 16.0 Å². The smallest absolute Gasteiger partial charge is 0.333 e. The minimum Gasteiger partial charge on any atom is -0.464 e. The number of amidine groups is 1. The van der Waals surface area contributed by atoms with Crippen LogP contribution in [0.5, 0.6) is 0 Å². The average Bonchev–Trinajstić information content (AvgIpc) is 2.98. The Hall–Kier alpha value is -3.92. The number of amides is 1. The third-order valence-electron chi connectivity index (χ3n) is 7.36. The molecule has 0 bridgehead atoms. The summed E-state index contributed by atoms with van der Waals surface area (Å²) in [5.74, 6) is -0.214. The zero-order valence-electron chi connectivity index (χ0n) is 23.1. The Balaban J connectivity index is 0.00000387. The summed E-state index contributed by atoms with van der Waals surface area (Å²) in [6.07, 6.45) is 2.75. The van der Waals surface area contributed by atoms with Crippen LogP contribution in [-0.2, 0) is 27.2 Å². The van der Waals surface area contributed by atoms with Gasteiger partial charge >= 0.3 is 5.97 Å². The number of fused-ring (bicyclic) bond motifs is 2. The molecule has 0 aromatic heterocycles. The number of ether oxygens (including phenoxy) is 1. The molecule has 4 aromatic rings. The van der Waals surface area contributed by atoms with Gasteiger partial charge in [0.05, 0.1) is 6.61 Å². The molecule has 1 aliphatic rings. The van der Waals surface area contributed by atoms with E-state index in [4.69, 9.17) is 15.9 Å². The van der Waals surface area contributed by atoms with Crippen molar-refractivity contribution >= 4 is 63.8 Å². The number of halogens is 1. The third-order valence-corrected chi connectivity index (χ3v) is 7.36. The standard InChI is InChI=1S/C33H34N4O3.HI/c1-2-40-33(39)31(28-11-5-8-23-7-3-4-10-27(23)28)36-26-17-18-29-25(21-26)9-6-20-37(29)30(38)19-14-22-12-15-24(16-13-22)32(34)35;/h3-5,7-8,10-13,15-18,21,31,36H,2,6,9,14,19-20H2,1H3,(H3,34,35);1H. The highest BCUT2D eigenvalue weighted by atomic mass is 127. The first-order valence-electron chi connectivity index (χ1n) is 13.7. The molecule has 0 spiro atoms. The van der Waals surface area contributed by atoms with Crippen molar-refractivity contribution < 1.29 is 14.3 Å². The number of aryl methyl sites for hydroxylation is 2. The van der Waals surface area contributed by atoms with E-state index in [2.05, 4.69) is 5.32 Å². The SMILES string of the molecule is CCOC(=O)C(Nc1ccc2c(c1)CCCN2C(=O)CCc1ccc(C(=N)N)cc1)c1cccc2ccccc12.I. The molecule has 1 aliphatic heterocycles. The Kier molecular flexibility index (Phi) is 9.99. The lowest BCUT2D eigenvalue weighted by Crippen LogP contribution is -2.35. The second-order valence-electron chi connectivity index (χ2n) is 10.0. The summed E-state index contributed by atoms with van der Waals surface area (Å²) in [7, 11) is 0. The monoisotopic (exact) mass is 662 g/mol. The van der Waals surface area contributed by atoms with Crippen molar-refractivity contribution in [3.8, 4) is 0 Å². The minimum absolute atomic E-state index is 0. The predicted molar refractivity (Wildman–Crippen MR) is 175 cm³/mol. The van der Waals surface area contributed by atoms with Gasteiger partial charge in [0.1, 0.15) is 5.84 Å². The highest BCUT2D eigenvalue weighted by Crippen LogP contribution is 2.33. The van der Waals surface area contributed by atoms with Gasteiger partial charge < -0.3 is 20.7 Å². The van der Waals surface area contributed by atoms with Crippen molar-refractivity contribution in [1.82, 2.24) is 0 Å². The lowest BCUT2D eigenvalue weighted by molar-refractivity contribution is -0.144. The van der Waals surface area contributed by atoms with Crippen LogP contribution >= 0.6 is 24.0 Å². The molecule has 0 fully saturated rings. The number of hydrogen-bond donors (Lipinski definition) is 3. The van der Waals surface area contributed by atoms with E-state index in [0.29, 0.717) is 31.6 Å². The maximum atomic E-state index is 13.2. The predicted octanol–water partition coefficient (Wildman–Crippen LogP) is 6.37. The summed E-state index contributed by atoms with van der Waals surface area (Å²) in [5, 5.41) is 13.0. The first-order valence-corrected chi connectivity index (χ1v) is 13.7. The fourth-order valence-electron chi connectivity index (χ4n) is 5.34. The Labute approximate surface area is 257 Å². The molecule has 7 nitrogen and oxygen atoms in total. The fourth-order valence-corrected chi connectivity index (χ4v) is 5.34. The van der Waals surface area contributed by atoms with Crippen molar-refractivity contribution in [2.45, 2.75) is 38.6 Å². The van der Waals surface area contributed by atoms with E-state index in [-0.39, 0.29) is 41.7 Å². The van der Waals surface area contributed by atoms with Gasteiger partial charge in [0.2, 0.25) is 5.91 Å². The first-order chi connectivity index (χ1) is 19.4. The second-order valence-corrected chi connectivity index (χ2v) is 10.0. The van der Waals surface area contributed by atoms with Crippen molar-refractivity contribution in [3.63, 3.8) is 0 Å². The summed E-state index contributed by atoms with van der Waals surface area (Å²) in [6, 6.07) is 26.7. The molecule has 1 atom stereocenters. The fraction of sp³-hybridized carbons (Fsp3) is 0.242. The molecule has 0 saturated carbocycles. The minimum atomic E-state index is -0.667. The Morgan fingerprint density at radius 1 is 1.02 bits per heavy atom. The number of benzene rings is 4. The number of anilines is 2. The Morgan fingerprint density at radius 3 is 2.54 bits per heavy atom. The van der Waals surface area contributed by atoms with Gasteiger partial charge in [-0.2, -0.15) is 0 Å². The highest BCUT2D eigenvalue weighted by molar-refractivity contribution is 14.0. The molecule has 1 amide bonds. The molecule has 212 valence electrons. The molecule has 5 rings (SSSR count). The molecular weight excluding hydrogens is 627 g/mol. The van der Waals surface area contributed by atoms with Crippen LogP contribution in [0.2, 0.25) is 0 Å². The van der Waals surface area contributed by atoms with Crippen LogP contribution in [0.1, 0.15) is 48.1 Å². The number of nitrogens with zero attached hydrogens (tertiary/aromatic N) is 1. The molecule has 1 unspecified atom stereocenters. The summed E-state index contributed by atoms with van der Waals surface area (Å²) in [4.78, 5) is 28.2. The number of esters is 1. The van der Waals surface area contributed by atoms with E-state index in [9.17, 15) is 9.59 Å². The van der Waals surface area contributed by atoms with Gasteiger partial charge in [0.25, 0.3) is 0 Å². The largest absolute Gasteiger partial charge is 0.464 e. The molecule has 1 heterocycles. The van der Waals surface area contributed by atoms with Crippen molar-refractivity contribution in [1.29, 1.82) is 5.41 Å². The molecule has 0 radical (unpaired) electrons. The lowest BCUT2D eigenvalue weighted by atomic mass is 9.97. The zero-order chi connectivity index (χ0) is 28.1. The molecular formula is C33H35IN4O3. The average molecular weight is 663 g/mol. The number of nitrogens with two attached hydrogens (primary N) is 1. The second kappa shape index (κ2) is 13.6. The van der Waals surface area contributed by atoms with Gasteiger partial charge in [-0.05, 0) is 71.8 Å². The number of carbonyl (C=O) groups is 2. The van der Waals surface area contributed by atoms with Crippen LogP contribution in [-0.4, -0.2) is 30.9 Å². The summed E-state index contributed by atoms with van der Waals surface area (Å²) >= 11 is 0. The van der Waals surface area contributed by atoms with Gasteiger partial charge in [-0.3, -0.25) is 10.2 Å². The zero-order valence-corrected chi connectivity index (χ0v) is 25.4. The van der Waals surface area contributed by atoms with Crippen molar-refractivity contribution in [2.24, 2.45) is 5.73 Å². The molecule has 4 N–H and O–H groups in total. The van der Waals surface area contributed by atoms with Crippen molar-refractivity contribution in [2.75, 3.05) is 23.4 Å².